The normalized spacial score (nSPS) is 11.3. The number of aromatic nitrogens is 3. The Hall–Kier alpha value is -5.94. The molecule has 0 unspecified atom stereocenters. The molecule has 0 aliphatic carbocycles. The van der Waals surface area contributed by atoms with Crippen molar-refractivity contribution in [1.82, 2.24) is 15.0 Å². The van der Waals surface area contributed by atoms with E-state index in [1.165, 1.54) is 6.07 Å². The standard InChI is InChI=1S/C39H24FN3O/c40-34-21-19-29(28-15-9-14-27(22-28)25-10-3-1-4-11-25)23-33(34)39-42-37(26-12-5-2-6-13-26)41-38(43-39)30-18-20-32-31-16-7-8-17-35(31)44-36(32)24-30/h1-24H. The van der Waals surface area contributed by atoms with Crippen molar-refractivity contribution in [3.05, 3.63) is 151 Å². The van der Waals surface area contributed by atoms with Crippen LogP contribution in [0.5, 0.6) is 0 Å². The van der Waals surface area contributed by atoms with Gasteiger partial charge in [0, 0.05) is 21.9 Å². The molecular weight excluding hydrogens is 545 g/mol. The molecule has 0 bridgehead atoms. The van der Waals surface area contributed by atoms with Gasteiger partial charge < -0.3 is 4.42 Å². The zero-order valence-corrected chi connectivity index (χ0v) is 23.5. The van der Waals surface area contributed by atoms with Crippen LogP contribution in [0.3, 0.4) is 0 Å². The predicted octanol–water partition coefficient (Wildman–Crippen LogP) is 10.2. The second kappa shape index (κ2) is 10.7. The predicted molar refractivity (Wildman–Crippen MR) is 174 cm³/mol. The van der Waals surface area contributed by atoms with Gasteiger partial charge in [-0.3, -0.25) is 0 Å². The molecular formula is C39H24FN3O. The van der Waals surface area contributed by atoms with Crippen LogP contribution < -0.4 is 0 Å². The van der Waals surface area contributed by atoms with Gasteiger partial charge in [-0.05, 0) is 58.7 Å². The molecule has 0 amide bonds. The van der Waals surface area contributed by atoms with E-state index in [0.717, 1.165) is 55.3 Å². The summed E-state index contributed by atoms with van der Waals surface area (Å²) in [7, 11) is 0. The first-order valence-electron chi connectivity index (χ1n) is 14.4. The van der Waals surface area contributed by atoms with Crippen LogP contribution in [0.15, 0.2) is 150 Å². The number of para-hydroxylation sites is 1. The van der Waals surface area contributed by atoms with Gasteiger partial charge in [-0.15, -0.1) is 0 Å². The molecule has 208 valence electrons. The Morgan fingerprint density at radius 2 is 0.955 bits per heavy atom. The lowest BCUT2D eigenvalue weighted by atomic mass is 9.97. The number of benzene rings is 6. The first kappa shape index (κ1) is 25.7. The minimum atomic E-state index is -0.406. The van der Waals surface area contributed by atoms with E-state index in [9.17, 15) is 0 Å². The van der Waals surface area contributed by atoms with Crippen LogP contribution in [0.4, 0.5) is 4.39 Å². The molecule has 4 nitrogen and oxygen atoms in total. The lowest BCUT2D eigenvalue weighted by molar-refractivity contribution is 0.630. The van der Waals surface area contributed by atoms with Crippen LogP contribution in [-0.2, 0) is 0 Å². The summed E-state index contributed by atoms with van der Waals surface area (Å²) in [6.45, 7) is 0. The number of hydrogen-bond acceptors (Lipinski definition) is 4. The fourth-order valence-electron chi connectivity index (χ4n) is 5.59. The zero-order chi connectivity index (χ0) is 29.5. The molecule has 0 fully saturated rings. The van der Waals surface area contributed by atoms with Gasteiger partial charge in [0.15, 0.2) is 17.5 Å². The Morgan fingerprint density at radius 3 is 1.75 bits per heavy atom. The number of nitrogens with zero attached hydrogens (tertiary/aromatic N) is 3. The van der Waals surface area contributed by atoms with Gasteiger partial charge in [0.05, 0.1) is 5.56 Å². The van der Waals surface area contributed by atoms with Gasteiger partial charge in [0.25, 0.3) is 0 Å². The average molecular weight is 570 g/mol. The van der Waals surface area contributed by atoms with E-state index in [1.54, 1.807) is 6.07 Å². The van der Waals surface area contributed by atoms with Crippen LogP contribution in [0.2, 0.25) is 0 Å². The number of furan rings is 1. The molecule has 2 aromatic heterocycles. The van der Waals surface area contributed by atoms with Crippen molar-refractivity contribution < 1.29 is 8.81 Å². The molecule has 0 saturated heterocycles. The van der Waals surface area contributed by atoms with Crippen molar-refractivity contribution in [3.63, 3.8) is 0 Å². The van der Waals surface area contributed by atoms with Gasteiger partial charge in [-0.2, -0.15) is 0 Å². The third-order valence-corrected chi connectivity index (χ3v) is 7.81. The van der Waals surface area contributed by atoms with Crippen molar-refractivity contribution in [1.29, 1.82) is 0 Å². The van der Waals surface area contributed by atoms with Gasteiger partial charge >= 0.3 is 0 Å². The van der Waals surface area contributed by atoms with Crippen LogP contribution in [0.1, 0.15) is 0 Å². The second-order valence-corrected chi connectivity index (χ2v) is 10.6. The second-order valence-electron chi connectivity index (χ2n) is 10.6. The molecule has 6 aromatic carbocycles. The molecule has 0 atom stereocenters. The Balaban J connectivity index is 1.27. The maximum Gasteiger partial charge on any atom is 0.167 e. The molecule has 0 aliphatic heterocycles. The molecule has 5 heteroatoms. The highest BCUT2D eigenvalue weighted by Gasteiger charge is 2.17. The van der Waals surface area contributed by atoms with Crippen molar-refractivity contribution in [3.8, 4) is 56.4 Å². The monoisotopic (exact) mass is 569 g/mol. The minimum Gasteiger partial charge on any atom is -0.456 e. The van der Waals surface area contributed by atoms with Gasteiger partial charge in [0.1, 0.15) is 17.0 Å². The highest BCUT2D eigenvalue weighted by Crippen LogP contribution is 2.34. The van der Waals surface area contributed by atoms with Crippen LogP contribution in [-0.4, -0.2) is 15.0 Å². The van der Waals surface area contributed by atoms with Crippen molar-refractivity contribution >= 4 is 21.9 Å². The minimum absolute atomic E-state index is 0.261. The van der Waals surface area contributed by atoms with E-state index in [2.05, 4.69) is 24.3 Å². The van der Waals surface area contributed by atoms with E-state index >= 15 is 4.39 Å². The number of rotatable bonds is 5. The largest absolute Gasteiger partial charge is 0.456 e. The molecule has 2 heterocycles. The summed E-state index contributed by atoms with van der Waals surface area (Å²) >= 11 is 0. The SMILES string of the molecule is Fc1ccc(-c2cccc(-c3ccccc3)c2)cc1-c1nc(-c2ccccc2)nc(-c2ccc3c(c2)oc2ccccc23)n1. The lowest BCUT2D eigenvalue weighted by Gasteiger charge is -2.11. The molecule has 8 aromatic rings. The fraction of sp³-hybridized carbons (Fsp3) is 0. The maximum absolute atomic E-state index is 15.6. The summed E-state index contributed by atoms with van der Waals surface area (Å²) in [6, 6.07) is 47.1. The van der Waals surface area contributed by atoms with Gasteiger partial charge in [-0.1, -0.05) is 109 Å². The number of fused-ring (bicyclic) bond motifs is 3. The molecule has 0 spiro atoms. The molecule has 44 heavy (non-hydrogen) atoms. The summed E-state index contributed by atoms with van der Waals surface area (Å²) in [5.74, 6) is 0.757. The third kappa shape index (κ3) is 4.71. The summed E-state index contributed by atoms with van der Waals surface area (Å²) < 4.78 is 21.7. The lowest BCUT2D eigenvalue weighted by Crippen LogP contribution is -2.01. The van der Waals surface area contributed by atoms with Crippen molar-refractivity contribution in [2.45, 2.75) is 0 Å². The first-order valence-corrected chi connectivity index (χ1v) is 14.4. The average Bonchev–Trinajstić information content (AvgIpc) is 3.47. The van der Waals surface area contributed by atoms with E-state index in [1.807, 2.05) is 109 Å². The van der Waals surface area contributed by atoms with Crippen molar-refractivity contribution in [2.24, 2.45) is 0 Å². The van der Waals surface area contributed by atoms with E-state index in [4.69, 9.17) is 19.4 Å². The van der Waals surface area contributed by atoms with Crippen LogP contribution >= 0.6 is 0 Å². The molecule has 8 rings (SSSR count). The Morgan fingerprint density at radius 1 is 0.386 bits per heavy atom. The Labute approximate surface area is 253 Å². The maximum atomic E-state index is 15.6. The van der Waals surface area contributed by atoms with Gasteiger partial charge in [0.2, 0.25) is 0 Å². The zero-order valence-electron chi connectivity index (χ0n) is 23.5. The Kier molecular flexibility index (Phi) is 6.27. The smallest absolute Gasteiger partial charge is 0.167 e. The number of hydrogen-bond donors (Lipinski definition) is 0. The van der Waals surface area contributed by atoms with Crippen LogP contribution in [0, 0.1) is 5.82 Å². The van der Waals surface area contributed by atoms with Crippen molar-refractivity contribution in [2.75, 3.05) is 0 Å². The molecule has 0 aliphatic rings. The Bertz CT molecular complexity index is 2300. The number of halogens is 1. The summed E-state index contributed by atoms with van der Waals surface area (Å²) in [5, 5.41) is 2.06. The van der Waals surface area contributed by atoms with Gasteiger partial charge in [-0.25, -0.2) is 19.3 Å². The highest BCUT2D eigenvalue weighted by atomic mass is 19.1. The van der Waals surface area contributed by atoms with E-state index < -0.39 is 5.82 Å². The van der Waals surface area contributed by atoms with E-state index in [0.29, 0.717) is 17.2 Å². The van der Waals surface area contributed by atoms with Crippen LogP contribution in [0.25, 0.3) is 78.4 Å². The highest BCUT2D eigenvalue weighted by molar-refractivity contribution is 6.05. The molecule has 0 saturated carbocycles. The third-order valence-electron chi connectivity index (χ3n) is 7.81. The summed E-state index contributed by atoms with van der Waals surface area (Å²) in [4.78, 5) is 14.4. The molecule has 0 radical (unpaired) electrons. The van der Waals surface area contributed by atoms with E-state index in [-0.39, 0.29) is 5.82 Å². The molecule has 0 N–H and O–H groups in total. The fourth-order valence-corrected chi connectivity index (χ4v) is 5.59. The summed E-state index contributed by atoms with van der Waals surface area (Å²) in [5.41, 5.74) is 7.47. The first-order chi connectivity index (χ1) is 21.7. The quantitative estimate of drug-likeness (QED) is 0.207. The topological polar surface area (TPSA) is 51.8 Å². The summed E-state index contributed by atoms with van der Waals surface area (Å²) in [6.07, 6.45) is 0.